The van der Waals surface area contributed by atoms with E-state index in [0.29, 0.717) is 15.1 Å². The van der Waals surface area contributed by atoms with E-state index in [-0.39, 0.29) is 6.03 Å². The Kier molecular flexibility index (Phi) is 4.70. The smallest absolute Gasteiger partial charge is 0.323 e. The van der Waals surface area contributed by atoms with Crippen molar-refractivity contribution in [2.45, 2.75) is 0 Å². The number of carbonyl (C=O) groups is 1. The highest BCUT2D eigenvalue weighted by molar-refractivity contribution is 9.10. The van der Waals surface area contributed by atoms with Gasteiger partial charge in [0.05, 0.1) is 5.69 Å². The molecular weight excluding hydrogens is 338 g/mol. The summed E-state index contributed by atoms with van der Waals surface area (Å²) in [7, 11) is 0. The third-order valence-electron chi connectivity index (χ3n) is 2.53. The molecule has 2 amide bonds. The molecule has 6 heteroatoms. The first kappa shape index (κ1) is 14.5. The van der Waals surface area contributed by atoms with Gasteiger partial charge in [-0.25, -0.2) is 4.79 Å². The number of nitrogens with two attached hydrogens (primary N) is 1. The van der Waals surface area contributed by atoms with E-state index in [1.165, 1.54) is 0 Å². The molecular formula is C14H12BrN3OS. The normalized spacial score (nSPS) is 9.85. The summed E-state index contributed by atoms with van der Waals surface area (Å²) in [6.45, 7) is 0. The Hall–Kier alpha value is -1.92. The van der Waals surface area contributed by atoms with Gasteiger partial charge in [0.1, 0.15) is 4.99 Å². The molecule has 0 radical (unpaired) electrons. The van der Waals surface area contributed by atoms with Crippen LogP contribution >= 0.6 is 28.1 Å². The van der Waals surface area contributed by atoms with Crippen molar-refractivity contribution in [3.63, 3.8) is 0 Å². The molecule has 20 heavy (non-hydrogen) atoms. The monoisotopic (exact) mass is 349 g/mol. The highest BCUT2D eigenvalue weighted by Crippen LogP contribution is 2.24. The Morgan fingerprint density at radius 1 is 1.10 bits per heavy atom. The molecule has 0 saturated heterocycles. The maximum Gasteiger partial charge on any atom is 0.323 e. The molecule has 4 nitrogen and oxygen atoms in total. The average Bonchev–Trinajstić information content (AvgIpc) is 2.42. The molecule has 0 unspecified atom stereocenters. The molecule has 0 aliphatic rings. The predicted octanol–water partition coefficient (Wildman–Crippen LogP) is 3.73. The summed E-state index contributed by atoms with van der Waals surface area (Å²) in [5.74, 6) is 0. The fraction of sp³-hybridized carbons (Fsp3) is 0. The highest BCUT2D eigenvalue weighted by Gasteiger charge is 2.07. The minimum atomic E-state index is -0.319. The van der Waals surface area contributed by atoms with Crippen LogP contribution in [0.1, 0.15) is 5.56 Å². The first-order valence-corrected chi connectivity index (χ1v) is 6.99. The van der Waals surface area contributed by atoms with E-state index in [1.54, 1.807) is 18.2 Å². The molecule has 2 aromatic carbocycles. The van der Waals surface area contributed by atoms with E-state index in [4.69, 9.17) is 18.0 Å². The lowest BCUT2D eigenvalue weighted by molar-refractivity contribution is 0.262. The lowest BCUT2D eigenvalue weighted by Crippen LogP contribution is -2.19. The molecule has 0 aliphatic carbocycles. The molecule has 0 atom stereocenters. The highest BCUT2D eigenvalue weighted by atomic mass is 79.9. The second-order valence-electron chi connectivity index (χ2n) is 4.00. The fourth-order valence-electron chi connectivity index (χ4n) is 1.58. The van der Waals surface area contributed by atoms with Crippen LogP contribution in [0.2, 0.25) is 0 Å². The van der Waals surface area contributed by atoms with Crippen LogP contribution < -0.4 is 16.4 Å². The first-order chi connectivity index (χ1) is 9.56. The van der Waals surface area contributed by atoms with Gasteiger partial charge in [-0.15, -0.1) is 0 Å². The maximum absolute atomic E-state index is 11.9. The van der Waals surface area contributed by atoms with Gasteiger partial charge in [0, 0.05) is 15.7 Å². The molecule has 0 heterocycles. The molecule has 0 spiro atoms. The van der Waals surface area contributed by atoms with Crippen LogP contribution in [-0.4, -0.2) is 11.0 Å². The van der Waals surface area contributed by atoms with Crippen molar-refractivity contribution >= 4 is 50.5 Å². The number of hydrogen-bond acceptors (Lipinski definition) is 2. The number of hydrogen-bond donors (Lipinski definition) is 3. The number of para-hydroxylation sites is 1. The number of halogens is 1. The fourth-order valence-corrected chi connectivity index (χ4v) is 2.18. The number of benzene rings is 2. The Labute approximate surface area is 130 Å². The van der Waals surface area contributed by atoms with Crippen molar-refractivity contribution in [2.24, 2.45) is 5.73 Å². The van der Waals surface area contributed by atoms with Crippen molar-refractivity contribution in [3.8, 4) is 0 Å². The van der Waals surface area contributed by atoms with Crippen LogP contribution in [0.3, 0.4) is 0 Å². The second-order valence-corrected chi connectivity index (χ2v) is 5.30. The van der Waals surface area contributed by atoms with Gasteiger partial charge in [0.25, 0.3) is 0 Å². The molecule has 2 aromatic rings. The lowest BCUT2D eigenvalue weighted by Gasteiger charge is -2.10. The van der Waals surface area contributed by atoms with E-state index in [9.17, 15) is 4.79 Å². The van der Waals surface area contributed by atoms with Crippen LogP contribution in [0.15, 0.2) is 53.0 Å². The summed E-state index contributed by atoms with van der Waals surface area (Å²) in [6.07, 6.45) is 0. The molecule has 4 N–H and O–H groups in total. The summed E-state index contributed by atoms with van der Waals surface area (Å²) < 4.78 is 0.714. The zero-order valence-corrected chi connectivity index (χ0v) is 12.8. The summed E-state index contributed by atoms with van der Waals surface area (Å²) in [4.78, 5) is 12.2. The summed E-state index contributed by atoms with van der Waals surface area (Å²) >= 11 is 8.27. The zero-order valence-electron chi connectivity index (χ0n) is 10.4. The minimum Gasteiger partial charge on any atom is -0.389 e. The molecule has 0 bridgehead atoms. The van der Waals surface area contributed by atoms with Crippen LogP contribution in [0.5, 0.6) is 0 Å². The standard InChI is InChI=1S/C14H12BrN3OS/c15-11-8-9(13(16)20)6-7-12(11)18-14(19)17-10-4-2-1-3-5-10/h1-8H,(H2,16,20)(H2,17,18,19). The topological polar surface area (TPSA) is 67.1 Å². The van der Waals surface area contributed by atoms with Gasteiger partial charge < -0.3 is 16.4 Å². The third-order valence-corrected chi connectivity index (χ3v) is 3.43. The van der Waals surface area contributed by atoms with Crippen LogP contribution in [-0.2, 0) is 0 Å². The van der Waals surface area contributed by atoms with E-state index < -0.39 is 0 Å². The molecule has 0 saturated carbocycles. The predicted molar refractivity (Wildman–Crippen MR) is 89.1 cm³/mol. The molecule has 0 aliphatic heterocycles. The van der Waals surface area contributed by atoms with Crippen LogP contribution in [0.25, 0.3) is 0 Å². The Balaban J connectivity index is 2.06. The number of thiocarbonyl (C=S) groups is 1. The summed E-state index contributed by atoms with van der Waals surface area (Å²) in [5, 5.41) is 5.48. The van der Waals surface area contributed by atoms with Crippen molar-refractivity contribution in [1.29, 1.82) is 0 Å². The van der Waals surface area contributed by atoms with Crippen molar-refractivity contribution < 1.29 is 4.79 Å². The number of nitrogens with one attached hydrogen (secondary N) is 2. The van der Waals surface area contributed by atoms with Gasteiger partial charge in [-0.3, -0.25) is 0 Å². The van der Waals surface area contributed by atoms with Gasteiger partial charge in [0.2, 0.25) is 0 Å². The summed E-state index contributed by atoms with van der Waals surface area (Å²) in [6, 6.07) is 14.1. The molecule has 0 aromatic heterocycles. The van der Waals surface area contributed by atoms with Crippen LogP contribution in [0.4, 0.5) is 16.2 Å². The molecule has 0 fully saturated rings. The quantitative estimate of drug-likeness (QED) is 0.739. The van der Waals surface area contributed by atoms with Gasteiger partial charge in [-0.05, 0) is 46.3 Å². The second kappa shape index (κ2) is 6.49. The lowest BCUT2D eigenvalue weighted by atomic mass is 10.2. The van der Waals surface area contributed by atoms with Gasteiger partial charge >= 0.3 is 6.03 Å². The zero-order chi connectivity index (χ0) is 14.5. The van der Waals surface area contributed by atoms with Crippen LogP contribution in [0, 0.1) is 0 Å². The van der Waals surface area contributed by atoms with E-state index >= 15 is 0 Å². The molecule has 2 rings (SSSR count). The minimum absolute atomic E-state index is 0.311. The Bertz CT molecular complexity index is 646. The van der Waals surface area contributed by atoms with E-state index in [2.05, 4.69) is 26.6 Å². The molecule has 102 valence electrons. The van der Waals surface area contributed by atoms with Gasteiger partial charge in [-0.1, -0.05) is 30.4 Å². The summed E-state index contributed by atoms with van der Waals surface area (Å²) in [5.41, 5.74) is 7.64. The third kappa shape index (κ3) is 3.79. The maximum atomic E-state index is 11.9. The van der Waals surface area contributed by atoms with E-state index in [0.717, 1.165) is 11.3 Å². The Morgan fingerprint density at radius 2 is 1.80 bits per heavy atom. The van der Waals surface area contributed by atoms with Gasteiger partial charge in [-0.2, -0.15) is 0 Å². The Morgan fingerprint density at radius 3 is 2.40 bits per heavy atom. The number of carbonyl (C=O) groups excluding carboxylic acids is 1. The SMILES string of the molecule is NC(=S)c1ccc(NC(=O)Nc2ccccc2)c(Br)c1. The van der Waals surface area contributed by atoms with Gasteiger partial charge in [0.15, 0.2) is 0 Å². The number of anilines is 2. The van der Waals surface area contributed by atoms with E-state index in [1.807, 2.05) is 30.3 Å². The number of urea groups is 1. The number of amides is 2. The van der Waals surface area contributed by atoms with Crippen molar-refractivity contribution in [3.05, 3.63) is 58.6 Å². The average molecular weight is 350 g/mol. The number of rotatable bonds is 3. The largest absolute Gasteiger partial charge is 0.389 e. The van der Waals surface area contributed by atoms with Crippen molar-refractivity contribution in [2.75, 3.05) is 10.6 Å². The van der Waals surface area contributed by atoms with Crippen molar-refractivity contribution in [1.82, 2.24) is 0 Å². The first-order valence-electron chi connectivity index (χ1n) is 5.78.